The van der Waals surface area contributed by atoms with E-state index in [1.807, 2.05) is 11.3 Å². The monoisotopic (exact) mass is 431 g/mol. The van der Waals surface area contributed by atoms with E-state index in [2.05, 4.69) is 86.5 Å². The number of benzene rings is 3. The van der Waals surface area contributed by atoms with Gasteiger partial charge in [0.15, 0.2) is 0 Å². The van der Waals surface area contributed by atoms with Crippen molar-refractivity contribution in [2.24, 2.45) is 0 Å². The highest BCUT2D eigenvalue weighted by Gasteiger charge is 2.12. The second kappa shape index (κ2) is 5.37. The summed E-state index contributed by atoms with van der Waals surface area (Å²) in [6.45, 7) is 0. The van der Waals surface area contributed by atoms with Crippen LogP contribution in [-0.4, -0.2) is 0 Å². The van der Waals surface area contributed by atoms with Crippen molar-refractivity contribution in [3.63, 3.8) is 0 Å². The number of hydrogen-bond donors (Lipinski definition) is 1. The molecule has 1 aromatic heterocycles. The first-order chi connectivity index (χ1) is 10.6. The van der Waals surface area contributed by atoms with Gasteiger partial charge < -0.3 is 5.73 Å². The molecular formula is C18H11Br2NS. The van der Waals surface area contributed by atoms with Gasteiger partial charge >= 0.3 is 0 Å². The summed E-state index contributed by atoms with van der Waals surface area (Å²) in [5, 5.41) is 2.63. The fourth-order valence-corrected chi connectivity index (χ4v) is 5.14. The molecule has 0 aliphatic carbocycles. The Morgan fingerprint density at radius 3 is 2.27 bits per heavy atom. The predicted octanol–water partition coefficient (Wildman–Crippen LogP) is 6.83. The number of nitrogen functional groups attached to an aromatic ring is 1. The van der Waals surface area contributed by atoms with Crippen LogP contribution in [0.25, 0.3) is 31.3 Å². The van der Waals surface area contributed by atoms with Crippen molar-refractivity contribution >= 4 is 69.1 Å². The molecule has 22 heavy (non-hydrogen) atoms. The zero-order valence-corrected chi connectivity index (χ0v) is 15.4. The van der Waals surface area contributed by atoms with Crippen LogP contribution < -0.4 is 5.73 Å². The number of thiophene rings is 1. The fourth-order valence-electron chi connectivity index (χ4n) is 2.71. The summed E-state index contributed by atoms with van der Waals surface area (Å²) in [6.07, 6.45) is 0. The molecule has 0 unspecified atom stereocenters. The molecule has 0 saturated heterocycles. The highest BCUT2D eigenvalue weighted by molar-refractivity contribution is 9.11. The number of nitrogens with two attached hydrogens (primary N) is 1. The molecule has 4 rings (SSSR count). The van der Waals surface area contributed by atoms with Crippen LogP contribution in [-0.2, 0) is 0 Å². The molecule has 1 nitrogen and oxygen atoms in total. The van der Waals surface area contributed by atoms with Crippen molar-refractivity contribution in [1.29, 1.82) is 0 Å². The third-order valence-electron chi connectivity index (χ3n) is 3.79. The Hall–Kier alpha value is -1.36. The summed E-state index contributed by atoms with van der Waals surface area (Å²) in [7, 11) is 0. The van der Waals surface area contributed by atoms with E-state index in [0.717, 1.165) is 20.2 Å². The Morgan fingerprint density at radius 2 is 1.50 bits per heavy atom. The molecule has 0 fully saturated rings. The van der Waals surface area contributed by atoms with E-state index in [-0.39, 0.29) is 0 Å². The highest BCUT2D eigenvalue weighted by atomic mass is 79.9. The molecule has 1 heterocycles. The molecular weight excluding hydrogens is 422 g/mol. The number of anilines is 1. The first kappa shape index (κ1) is 14.2. The summed E-state index contributed by atoms with van der Waals surface area (Å²) in [5.74, 6) is 0. The van der Waals surface area contributed by atoms with Crippen LogP contribution >= 0.6 is 43.2 Å². The molecule has 0 saturated carbocycles. The molecule has 3 aromatic carbocycles. The van der Waals surface area contributed by atoms with Gasteiger partial charge in [-0.15, -0.1) is 11.3 Å². The Labute approximate surface area is 149 Å². The van der Waals surface area contributed by atoms with Gasteiger partial charge in [0.25, 0.3) is 0 Å². The van der Waals surface area contributed by atoms with Crippen LogP contribution in [0.2, 0.25) is 0 Å². The summed E-state index contributed by atoms with van der Waals surface area (Å²) in [6, 6.07) is 19.2. The average Bonchev–Trinajstić information content (AvgIpc) is 2.90. The zero-order valence-electron chi connectivity index (χ0n) is 11.4. The number of halogens is 2. The Morgan fingerprint density at radius 1 is 0.818 bits per heavy atom. The lowest BCUT2D eigenvalue weighted by molar-refractivity contribution is 1.57. The van der Waals surface area contributed by atoms with Gasteiger partial charge in [-0.1, -0.05) is 36.4 Å². The van der Waals surface area contributed by atoms with Crippen molar-refractivity contribution in [3.05, 3.63) is 63.5 Å². The van der Waals surface area contributed by atoms with Crippen molar-refractivity contribution < 1.29 is 0 Å². The second-order valence-corrected chi connectivity index (χ2v) is 7.89. The minimum absolute atomic E-state index is 0.729. The second-order valence-electron chi connectivity index (χ2n) is 5.13. The molecule has 0 amide bonds. The molecule has 0 radical (unpaired) electrons. The van der Waals surface area contributed by atoms with E-state index >= 15 is 0 Å². The molecule has 0 aliphatic heterocycles. The molecule has 0 aliphatic rings. The van der Waals surface area contributed by atoms with Crippen LogP contribution in [0.4, 0.5) is 5.69 Å². The molecule has 0 atom stereocenters. The zero-order chi connectivity index (χ0) is 15.3. The first-order valence-corrected chi connectivity index (χ1v) is 9.20. The normalized spacial score (nSPS) is 11.4. The SMILES string of the molecule is Nc1c(Br)cc(-c2cccc3c2sc2ccccc23)cc1Br. The lowest BCUT2D eigenvalue weighted by Crippen LogP contribution is -1.89. The predicted molar refractivity (Wildman–Crippen MR) is 105 cm³/mol. The number of hydrogen-bond acceptors (Lipinski definition) is 2. The van der Waals surface area contributed by atoms with Gasteiger partial charge in [-0.25, -0.2) is 0 Å². The smallest absolute Gasteiger partial charge is 0.0603 e. The van der Waals surface area contributed by atoms with E-state index < -0.39 is 0 Å². The van der Waals surface area contributed by atoms with Crippen molar-refractivity contribution in [2.45, 2.75) is 0 Å². The topological polar surface area (TPSA) is 26.0 Å². The minimum atomic E-state index is 0.729. The Bertz CT molecular complexity index is 997. The van der Waals surface area contributed by atoms with Crippen LogP contribution in [0.5, 0.6) is 0 Å². The Kier molecular flexibility index (Phi) is 3.48. The van der Waals surface area contributed by atoms with Crippen LogP contribution in [0.15, 0.2) is 63.5 Å². The van der Waals surface area contributed by atoms with Crippen LogP contribution in [0, 0.1) is 0 Å². The maximum Gasteiger partial charge on any atom is 0.0603 e. The van der Waals surface area contributed by atoms with Crippen LogP contribution in [0.1, 0.15) is 0 Å². The van der Waals surface area contributed by atoms with Gasteiger partial charge in [0.1, 0.15) is 0 Å². The first-order valence-electron chi connectivity index (χ1n) is 6.80. The molecule has 108 valence electrons. The minimum Gasteiger partial charge on any atom is -0.397 e. The molecule has 2 N–H and O–H groups in total. The number of fused-ring (bicyclic) bond motifs is 3. The summed E-state index contributed by atoms with van der Waals surface area (Å²) in [5.41, 5.74) is 9.13. The van der Waals surface area contributed by atoms with Gasteiger partial charge in [0, 0.05) is 29.1 Å². The van der Waals surface area contributed by atoms with Crippen molar-refractivity contribution in [3.8, 4) is 11.1 Å². The maximum atomic E-state index is 6.01. The lowest BCUT2D eigenvalue weighted by atomic mass is 10.0. The summed E-state index contributed by atoms with van der Waals surface area (Å²) < 4.78 is 4.45. The third kappa shape index (κ3) is 2.18. The van der Waals surface area contributed by atoms with Gasteiger partial charge in [-0.3, -0.25) is 0 Å². The van der Waals surface area contributed by atoms with Gasteiger partial charge in [0.05, 0.1) is 5.69 Å². The molecule has 0 bridgehead atoms. The molecule has 0 spiro atoms. The quantitative estimate of drug-likeness (QED) is 0.327. The van der Waals surface area contributed by atoms with Crippen molar-refractivity contribution in [1.82, 2.24) is 0 Å². The Balaban J connectivity index is 2.07. The molecule has 4 heteroatoms. The van der Waals surface area contributed by atoms with E-state index in [1.165, 1.54) is 25.7 Å². The summed E-state index contributed by atoms with van der Waals surface area (Å²) >= 11 is 8.92. The lowest BCUT2D eigenvalue weighted by Gasteiger charge is -2.08. The van der Waals surface area contributed by atoms with Crippen molar-refractivity contribution in [2.75, 3.05) is 5.73 Å². The maximum absolute atomic E-state index is 6.01. The van der Waals surface area contributed by atoms with E-state index in [9.17, 15) is 0 Å². The molecule has 4 aromatic rings. The van der Waals surface area contributed by atoms with Gasteiger partial charge in [-0.2, -0.15) is 0 Å². The number of rotatable bonds is 1. The summed E-state index contributed by atoms with van der Waals surface area (Å²) in [4.78, 5) is 0. The van der Waals surface area contributed by atoms with Crippen LogP contribution in [0.3, 0.4) is 0 Å². The highest BCUT2D eigenvalue weighted by Crippen LogP contribution is 2.42. The van der Waals surface area contributed by atoms with Gasteiger partial charge in [-0.05, 0) is 61.2 Å². The van der Waals surface area contributed by atoms with E-state index in [1.54, 1.807) is 0 Å². The standard InChI is InChI=1S/C18H11Br2NS/c19-14-8-10(9-15(20)17(14)21)11-5-3-6-13-12-4-1-2-7-16(12)22-18(11)13/h1-9H,21H2. The third-order valence-corrected chi connectivity index (χ3v) is 6.33. The largest absolute Gasteiger partial charge is 0.397 e. The van der Waals surface area contributed by atoms with E-state index in [0.29, 0.717) is 0 Å². The fraction of sp³-hybridized carbons (Fsp3) is 0. The average molecular weight is 433 g/mol. The van der Waals surface area contributed by atoms with E-state index in [4.69, 9.17) is 5.73 Å². The van der Waals surface area contributed by atoms with Gasteiger partial charge in [0.2, 0.25) is 0 Å².